The number of β-amino-alcohol motifs (C(OH)–C–C–N with tert-alkyl or cyclic N) is 1. The van der Waals surface area contributed by atoms with Gasteiger partial charge in [0.1, 0.15) is 12.1 Å². The smallest absolute Gasteiger partial charge is 0.248 e. The van der Waals surface area contributed by atoms with E-state index in [1.54, 1.807) is 9.36 Å². The number of hydrogen-bond acceptors (Lipinski definition) is 7. The lowest BCUT2D eigenvalue weighted by molar-refractivity contribution is -0.144. The molecule has 2 saturated carbocycles. The molecule has 2 amide bonds. The number of likely N-dealkylation sites (tertiary alicyclic amines) is 1. The van der Waals surface area contributed by atoms with Crippen LogP contribution in [0.5, 0.6) is 0 Å². The summed E-state index contributed by atoms with van der Waals surface area (Å²) in [5.41, 5.74) is 1.47. The average Bonchev–Trinajstić information content (AvgIpc) is 3.67. The molecule has 2 N–H and O–H groups in total. The van der Waals surface area contributed by atoms with E-state index in [9.17, 15) is 14.7 Å². The monoisotopic (exact) mass is 470 g/mol. The Morgan fingerprint density at radius 2 is 1.74 bits per heavy atom. The highest BCUT2D eigenvalue weighted by Crippen LogP contribution is 2.40. The van der Waals surface area contributed by atoms with E-state index >= 15 is 0 Å². The second-order valence-corrected chi connectivity index (χ2v) is 11.0. The van der Waals surface area contributed by atoms with Crippen molar-refractivity contribution in [3.63, 3.8) is 0 Å². The van der Waals surface area contributed by atoms with Gasteiger partial charge in [0.05, 0.1) is 24.0 Å². The van der Waals surface area contributed by atoms with Gasteiger partial charge in [-0.05, 0) is 31.1 Å². The van der Waals surface area contributed by atoms with Gasteiger partial charge in [-0.15, -0.1) is 10.2 Å². The van der Waals surface area contributed by atoms with Crippen LogP contribution in [0.3, 0.4) is 0 Å². The molecule has 0 radical (unpaired) electrons. The number of aliphatic hydroxyl groups excluding tert-OH is 1. The van der Waals surface area contributed by atoms with E-state index in [1.807, 2.05) is 33.2 Å². The van der Waals surface area contributed by atoms with Gasteiger partial charge in [-0.2, -0.15) is 0 Å². The fourth-order valence-corrected chi connectivity index (χ4v) is 4.73. The van der Waals surface area contributed by atoms with Crippen LogP contribution in [0, 0.1) is 5.41 Å². The molecule has 3 fully saturated rings. The standard InChI is InChI=1S/C23H34N8O3/c1-23(2,3)20(31-13-18(26-28-31)15-6-7-15)22(34)30-11-16(32)10-19(30)21(33)24-8-9-29-12-17(25-27-29)14-4-5-14/h12-16,19-20,32H,4-11H2,1-3H3,(H,24,33)/t16-,19+,20-/m1/s1. The fraction of sp³-hybridized carbons (Fsp3) is 0.739. The van der Waals surface area contributed by atoms with Gasteiger partial charge in [-0.3, -0.25) is 14.3 Å². The van der Waals surface area contributed by atoms with Gasteiger partial charge in [0.25, 0.3) is 0 Å². The molecular weight excluding hydrogens is 436 g/mol. The van der Waals surface area contributed by atoms with Crippen LogP contribution < -0.4 is 5.32 Å². The number of carbonyl (C=O) groups is 2. The number of amides is 2. The Labute approximate surface area is 198 Å². The number of aliphatic hydroxyl groups is 1. The van der Waals surface area contributed by atoms with Gasteiger partial charge in [0, 0.05) is 43.7 Å². The summed E-state index contributed by atoms with van der Waals surface area (Å²) >= 11 is 0. The molecule has 184 valence electrons. The number of aromatic nitrogens is 6. The molecule has 0 bridgehead atoms. The Morgan fingerprint density at radius 3 is 2.38 bits per heavy atom. The first-order valence-corrected chi connectivity index (χ1v) is 12.3. The van der Waals surface area contributed by atoms with E-state index in [0.717, 1.165) is 37.1 Å². The zero-order valence-electron chi connectivity index (χ0n) is 20.1. The van der Waals surface area contributed by atoms with Crippen LogP contribution >= 0.6 is 0 Å². The van der Waals surface area contributed by atoms with E-state index in [0.29, 0.717) is 24.9 Å². The Morgan fingerprint density at radius 1 is 1.09 bits per heavy atom. The molecule has 2 aromatic rings. The van der Waals surface area contributed by atoms with Gasteiger partial charge in [0.15, 0.2) is 0 Å². The van der Waals surface area contributed by atoms with Gasteiger partial charge in [0.2, 0.25) is 11.8 Å². The van der Waals surface area contributed by atoms with Crippen molar-refractivity contribution >= 4 is 11.8 Å². The molecule has 11 nitrogen and oxygen atoms in total. The largest absolute Gasteiger partial charge is 0.391 e. The number of rotatable bonds is 8. The molecule has 1 aliphatic heterocycles. The van der Waals surface area contributed by atoms with E-state index in [-0.39, 0.29) is 24.8 Å². The van der Waals surface area contributed by atoms with Crippen LogP contribution in [0.4, 0.5) is 0 Å². The molecular formula is C23H34N8O3. The molecule has 0 aromatic carbocycles. The Hall–Kier alpha value is -2.82. The Kier molecular flexibility index (Phi) is 5.91. The number of hydrogen-bond donors (Lipinski definition) is 2. The third-order valence-corrected chi connectivity index (χ3v) is 6.90. The number of nitrogens with zero attached hydrogens (tertiary/aromatic N) is 7. The van der Waals surface area contributed by atoms with E-state index in [2.05, 4.69) is 25.9 Å². The third kappa shape index (κ3) is 4.84. The molecule has 0 unspecified atom stereocenters. The topological polar surface area (TPSA) is 131 Å². The summed E-state index contributed by atoms with van der Waals surface area (Å²) < 4.78 is 3.37. The van der Waals surface area contributed by atoms with Gasteiger partial charge >= 0.3 is 0 Å². The molecule has 3 aliphatic rings. The van der Waals surface area contributed by atoms with Crippen molar-refractivity contribution in [1.29, 1.82) is 0 Å². The van der Waals surface area contributed by atoms with E-state index < -0.39 is 23.6 Å². The minimum absolute atomic E-state index is 0.126. The van der Waals surface area contributed by atoms with Crippen molar-refractivity contribution in [3.05, 3.63) is 23.8 Å². The van der Waals surface area contributed by atoms with Crippen LogP contribution in [-0.4, -0.2) is 77.0 Å². The summed E-state index contributed by atoms with van der Waals surface area (Å²) in [5, 5.41) is 30.1. The lowest BCUT2D eigenvalue weighted by Gasteiger charge is -2.34. The highest BCUT2D eigenvalue weighted by Gasteiger charge is 2.45. The van der Waals surface area contributed by atoms with Gasteiger partial charge < -0.3 is 15.3 Å². The summed E-state index contributed by atoms with van der Waals surface area (Å²) in [7, 11) is 0. The second-order valence-electron chi connectivity index (χ2n) is 11.0. The summed E-state index contributed by atoms with van der Waals surface area (Å²) in [6.45, 7) is 6.93. The maximum absolute atomic E-state index is 13.7. The molecule has 5 rings (SSSR count). The third-order valence-electron chi connectivity index (χ3n) is 6.90. The molecule has 34 heavy (non-hydrogen) atoms. The highest BCUT2D eigenvalue weighted by molar-refractivity contribution is 5.90. The molecule has 11 heteroatoms. The van der Waals surface area contributed by atoms with E-state index in [1.165, 1.54) is 4.90 Å². The maximum atomic E-state index is 13.7. The summed E-state index contributed by atoms with van der Waals surface area (Å²) in [5.74, 6) is 0.477. The molecule has 1 saturated heterocycles. The lowest BCUT2D eigenvalue weighted by atomic mass is 9.85. The molecule has 0 spiro atoms. The predicted molar refractivity (Wildman–Crippen MR) is 122 cm³/mol. The lowest BCUT2D eigenvalue weighted by Crippen LogP contribution is -2.50. The van der Waals surface area contributed by atoms with Crippen LogP contribution in [0.15, 0.2) is 12.4 Å². The summed E-state index contributed by atoms with van der Waals surface area (Å²) in [6.07, 6.45) is 7.80. The van der Waals surface area contributed by atoms with Crippen LogP contribution in [0.25, 0.3) is 0 Å². The Balaban J connectivity index is 1.25. The van der Waals surface area contributed by atoms with Crippen molar-refractivity contribution in [2.45, 2.75) is 89.4 Å². The molecule has 3 heterocycles. The predicted octanol–water partition coefficient (Wildman–Crippen LogP) is 0.990. The minimum atomic E-state index is -0.741. The van der Waals surface area contributed by atoms with Crippen LogP contribution in [0.1, 0.15) is 82.1 Å². The molecule has 2 aromatic heterocycles. The van der Waals surface area contributed by atoms with Gasteiger partial charge in [-0.25, -0.2) is 4.68 Å². The normalized spacial score (nSPS) is 23.8. The van der Waals surface area contributed by atoms with Crippen molar-refractivity contribution in [1.82, 2.24) is 40.2 Å². The zero-order chi connectivity index (χ0) is 24.0. The van der Waals surface area contributed by atoms with Crippen molar-refractivity contribution < 1.29 is 14.7 Å². The van der Waals surface area contributed by atoms with Crippen molar-refractivity contribution in [3.8, 4) is 0 Å². The summed E-state index contributed by atoms with van der Waals surface area (Å²) in [4.78, 5) is 28.3. The van der Waals surface area contributed by atoms with Crippen LogP contribution in [-0.2, 0) is 16.1 Å². The molecule has 2 aliphatic carbocycles. The highest BCUT2D eigenvalue weighted by atomic mass is 16.3. The van der Waals surface area contributed by atoms with Crippen molar-refractivity contribution in [2.75, 3.05) is 13.1 Å². The number of carbonyl (C=O) groups excluding carboxylic acids is 2. The Bertz CT molecular complexity index is 1050. The minimum Gasteiger partial charge on any atom is -0.391 e. The first-order valence-electron chi connectivity index (χ1n) is 12.3. The number of nitrogens with one attached hydrogen (secondary N) is 1. The fourth-order valence-electron chi connectivity index (χ4n) is 4.73. The SMILES string of the molecule is CC(C)(C)[C@@H](C(=O)N1C[C@H](O)C[C@H]1C(=O)NCCn1cc(C2CC2)nn1)n1cc(C2CC2)nn1. The maximum Gasteiger partial charge on any atom is 0.248 e. The summed E-state index contributed by atoms with van der Waals surface area (Å²) in [6, 6.07) is -1.35. The quantitative estimate of drug-likeness (QED) is 0.588. The molecule has 3 atom stereocenters. The average molecular weight is 471 g/mol. The zero-order valence-corrected chi connectivity index (χ0v) is 20.1. The van der Waals surface area contributed by atoms with Crippen LogP contribution in [0.2, 0.25) is 0 Å². The first-order chi connectivity index (χ1) is 16.2. The van der Waals surface area contributed by atoms with Crippen molar-refractivity contribution in [2.24, 2.45) is 5.41 Å². The second kappa shape index (κ2) is 8.75. The van der Waals surface area contributed by atoms with E-state index in [4.69, 9.17) is 0 Å². The van der Waals surface area contributed by atoms with Gasteiger partial charge in [-0.1, -0.05) is 31.2 Å². The first kappa shape index (κ1) is 22.9.